The SMILES string of the molecule is CC(C)[N]=[Nb].OC(C(F)(F)F)C(F)(F)F.OC(C(F)(F)F)C(F)(F)F.[CH3-]. The Bertz CT molecular complexity index is 316. The van der Waals surface area contributed by atoms with Gasteiger partial charge in [-0.05, 0) is 0 Å². The van der Waals surface area contributed by atoms with Gasteiger partial charge in [0.25, 0.3) is 0 Å². The van der Waals surface area contributed by atoms with E-state index in [2.05, 4.69) is 17.2 Å². The van der Waals surface area contributed by atoms with E-state index in [9.17, 15) is 52.7 Å². The van der Waals surface area contributed by atoms with Gasteiger partial charge in [0.15, 0.2) is 0 Å². The summed E-state index contributed by atoms with van der Waals surface area (Å²) in [6, 6.07) is 0.531. The summed E-state index contributed by atoms with van der Waals surface area (Å²) in [5.41, 5.74) is 0. The van der Waals surface area contributed by atoms with Gasteiger partial charge in [-0.25, -0.2) is 0 Å². The van der Waals surface area contributed by atoms with Crippen LogP contribution in [-0.4, -0.2) is 53.2 Å². The van der Waals surface area contributed by atoms with Gasteiger partial charge in [0.1, 0.15) is 0 Å². The summed E-state index contributed by atoms with van der Waals surface area (Å²) < 4.78 is 136. The number of aliphatic hydroxyl groups is 2. The smallest absolute Gasteiger partial charge is 0.377 e. The second-order valence-electron chi connectivity index (χ2n) is 4.18. The number of rotatable bonds is 1. The van der Waals surface area contributed by atoms with Crippen LogP contribution in [0.4, 0.5) is 52.7 Å². The van der Waals surface area contributed by atoms with Crippen LogP contribution in [0, 0.1) is 7.43 Å². The number of hydrogen-bond donors (Lipinski definition) is 2. The molecule has 0 heterocycles. The summed E-state index contributed by atoms with van der Waals surface area (Å²) in [5, 5.41) is 14.9. The van der Waals surface area contributed by atoms with Crippen molar-refractivity contribution in [2.75, 3.05) is 0 Å². The van der Waals surface area contributed by atoms with Gasteiger partial charge >= 0.3 is 68.8 Å². The first-order valence-corrected chi connectivity index (χ1v) is 6.54. The van der Waals surface area contributed by atoms with Crippen molar-refractivity contribution in [2.45, 2.75) is 56.8 Å². The molecule has 0 bridgehead atoms. The molecule has 0 spiro atoms. The van der Waals surface area contributed by atoms with Crippen molar-refractivity contribution in [2.24, 2.45) is 3.34 Å². The fraction of sp³-hybridized carbons (Fsp3) is 0.900. The summed E-state index contributed by atoms with van der Waals surface area (Å²) in [7, 11) is 0. The molecule has 0 rings (SSSR count). The fourth-order valence-corrected chi connectivity index (χ4v) is 0.371. The minimum Gasteiger partial charge on any atom is -0.377 e. The minimum atomic E-state index is -5.63. The number of aliphatic hydroxyl groups excluding tert-OH is 2. The average Bonchev–Trinajstić information content (AvgIpc) is 2.34. The van der Waals surface area contributed by atoms with Gasteiger partial charge in [-0.1, -0.05) is 0 Å². The maximum atomic E-state index is 11.0. The van der Waals surface area contributed by atoms with E-state index in [4.69, 9.17) is 10.2 Å². The maximum Gasteiger partial charge on any atom is 0.423 e. The molecule has 0 radical (unpaired) electrons. The predicted octanol–water partition coefficient (Wildman–Crippen LogP) is 4.52. The van der Waals surface area contributed by atoms with Crippen LogP contribution in [0.2, 0.25) is 0 Å². The summed E-state index contributed by atoms with van der Waals surface area (Å²) in [6.07, 6.45) is -31.0. The fourth-order valence-electron chi connectivity index (χ4n) is 0.371. The summed E-state index contributed by atoms with van der Waals surface area (Å²) in [6.45, 7) is 4.14. The van der Waals surface area contributed by atoms with Crippen LogP contribution < -0.4 is 0 Å². The topological polar surface area (TPSA) is 52.8 Å². The average molecular weight is 501 g/mol. The number of hydrogen-bond acceptors (Lipinski definition) is 3. The van der Waals surface area contributed by atoms with Crippen LogP contribution >= 0.6 is 0 Å². The van der Waals surface area contributed by atoms with Crippen LogP contribution in [0.25, 0.3) is 0 Å². The number of nitrogens with zero attached hydrogens (tertiary/aromatic N) is 1. The molecule has 0 aromatic heterocycles. The third-order valence-corrected chi connectivity index (χ3v) is 2.61. The van der Waals surface area contributed by atoms with Gasteiger partial charge in [-0.3, -0.25) is 0 Å². The van der Waals surface area contributed by atoms with E-state index in [1.807, 2.05) is 0 Å². The Balaban J connectivity index is -0.000000145. The molecule has 0 aliphatic heterocycles. The summed E-state index contributed by atoms with van der Waals surface area (Å²) in [5.74, 6) is 0. The van der Waals surface area contributed by atoms with Gasteiger partial charge in [0.05, 0.1) is 0 Å². The zero-order valence-corrected chi connectivity index (χ0v) is 15.3. The van der Waals surface area contributed by atoms with Crippen molar-refractivity contribution in [3.63, 3.8) is 0 Å². The molecule has 0 aromatic carbocycles. The van der Waals surface area contributed by atoms with Gasteiger partial charge < -0.3 is 17.6 Å². The van der Waals surface area contributed by atoms with Crippen molar-refractivity contribution in [3.8, 4) is 0 Å². The molecule has 0 aliphatic rings. The molecule has 161 valence electrons. The van der Waals surface area contributed by atoms with Crippen LogP contribution in [0.15, 0.2) is 3.34 Å². The molecule has 0 saturated carbocycles. The molecule has 0 aliphatic carbocycles. The van der Waals surface area contributed by atoms with E-state index in [1.165, 1.54) is 20.9 Å². The second kappa shape index (κ2) is 12.2. The first-order valence-electron chi connectivity index (χ1n) is 5.55. The molecule has 3 nitrogen and oxygen atoms in total. The van der Waals surface area contributed by atoms with Crippen LogP contribution in [-0.2, 0) is 20.9 Å². The van der Waals surface area contributed by atoms with Crippen LogP contribution in [0.1, 0.15) is 13.8 Å². The third-order valence-electron chi connectivity index (χ3n) is 1.47. The molecule has 2 N–H and O–H groups in total. The minimum absolute atomic E-state index is 0. The largest absolute Gasteiger partial charge is 0.423 e. The number of alkyl halides is 12. The van der Waals surface area contributed by atoms with E-state index in [0.717, 1.165) is 0 Å². The monoisotopic (exact) mass is 501 g/mol. The Morgan fingerprint density at radius 1 is 0.615 bits per heavy atom. The Kier molecular flexibility index (Phi) is 15.5. The number of halogens is 12. The Morgan fingerprint density at radius 2 is 0.731 bits per heavy atom. The van der Waals surface area contributed by atoms with Crippen molar-refractivity contribution < 1.29 is 83.8 Å². The Labute approximate surface area is 152 Å². The predicted molar refractivity (Wildman–Crippen MR) is 60.2 cm³/mol. The maximum absolute atomic E-state index is 11.0. The summed E-state index contributed by atoms with van der Waals surface area (Å²) in [4.78, 5) is 0. The van der Waals surface area contributed by atoms with Gasteiger partial charge in [-0.15, -0.1) is 0 Å². The van der Waals surface area contributed by atoms with Crippen molar-refractivity contribution in [1.82, 2.24) is 0 Å². The second-order valence-corrected chi connectivity index (χ2v) is 4.75. The molecular weight excluding hydrogens is 487 g/mol. The molecule has 0 fully saturated rings. The quantitative estimate of drug-likeness (QED) is 0.316. The molecular formula is C10H14F12NNbO2-. The molecule has 0 aromatic rings. The molecule has 16 heteroatoms. The van der Waals surface area contributed by atoms with E-state index in [1.54, 1.807) is 0 Å². The molecule has 26 heavy (non-hydrogen) atoms. The van der Waals surface area contributed by atoms with E-state index in [-0.39, 0.29) is 7.43 Å². The molecule has 0 unspecified atom stereocenters. The normalized spacial score (nSPS) is 12.7. The Morgan fingerprint density at radius 3 is 0.731 bits per heavy atom. The zero-order chi connectivity index (χ0) is 21.4. The first kappa shape index (κ1) is 33.2. The van der Waals surface area contributed by atoms with Crippen molar-refractivity contribution in [1.29, 1.82) is 0 Å². The van der Waals surface area contributed by atoms with E-state index < -0.39 is 36.9 Å². The Hall–Kier alpha value is -0.380. The van der Waals surface area contributed by atoms with Crippen molar-refractivity contribution in [3.05, 3.63) is 7.43 Å². The van der Waals surface area contributed by atoms with Gasteiger partial charge in [-0.2, -0.15) is 52.7 Å². The van der Waals surface area contributed by atoms with Gasteiger partial charge in [0.2, 0.25) is 12.2 Å². The standard InChI is InChI=1S/2C3H2F6O.C3H7N.CH3.Nb/c2*4-2(5,6)1(10)3(7,8)9;1-3(2)4;;/h2*1,10H;3H,1-2H3;1H3;/q;;;-1;. The first-order chi connectivity index (χ1) is 10.6. The third kappa shape index (κ3) is 18.4. The van der Waals surface area contributed by atoms with E-state index >= 15 is 0 Å². The van der Waals surface area contributed by atoms with E-state index in [0.29, 0.717) is 6.04 Å². The molecule has 0 saturated heterocycles. The zero-order valence-electron chi connectivity index (χ0n) is 13.1. The van der Waals surface area contributed by atoms with Crippen LogP contribution in [0.5, 0.6) is 0 Å². The molecule has 0 amide bonds. The van der Waals surface area contributed by atoms with Crippen molar-refractivity contribution >= 4 is 0 Å². The van der Waals surface area contributed by atoms with Gasteiger partial charge in [0, 0.05) is 0 Å². The van der Waals surface area contributed by atoms with Crippen LogP contribution in [0.3, 0.4) is 0 Å². The molecule has 0 atom stereocenters. The summed E-state index contributed by atoms with van der Waals surface area (Å²) >= 11 is 1.53.